The molecule has 5 heteroatoms. The van der Waals surface area contributed by atoms with Gasteiger partial charge >= 0.3 is 5.63 Å². The van der Waals surface area contributed by atoms with Crippen molar-refractivity contribution in [1.29, 1.82) is 0 Å². The van der Waals surface area contributed by atoms with Gasteiger partial charge in [-0.1, -0.05) is 11.6 Å². The van der Waals surface area contributed by atoms with Gasteiger partial charge in [0.25, 0.3) is 5.91 Å². The van der Waals surface area contributed by atoms with E-state index in [-0.39, 0.29) is 12.5 Å². The molecule has 0 unspecified atom stereocenters. The van der Waals surface area contributed by atoms with Gasteiger partial charge in [-0.05, 0) is 66.9 Å². The van der Waals surface area contributed by atoms with E-state index in [2.05, 4.69) is 5.32 Å². The lowest BCUT2D eigenvalue weighted by atomic mass is 10.0. The van der Waals surface area contributed by atoms with Crippen molar-refractivity contribution in [3.05, 3.63) is 80.2 Å². The molecule has 0 fully saturated rings. The molecule has 0 radical (unpaired) electrons. The standard InChI is InChI=1S/C19H16ClNO3/c1-11-7-16-14(9-18(22)24-17(16)8-12(11)2)10-21-19(23)13-3-5-15(20)6-4-13/h3-9H,10H2,1-2H3,(H,21,23). The van der Waals surface area contributed by atoms with Crippen LogP contribution >= 0.6 is 11.6 Å². The Balaban J connectivity index is 1.89. The lowest BCUT2D eigenvalue weighted by Crippen LogP contribution is -2.23. The highest BCUT2D eigenvalue weighted by molar-refractivity contribution is 6.30. The van der Waals surface area contributed by atoms with Gasteiger partial charge in [-0.25, -0.2) is 4.79 Å². The van der Waals surface area contributed by atoms with Crippen molar-refractivity contribution in [2.24, 2.45) is 0 Å². The van der Waals surface area contributed by atoms with Crippen LogP contribution in [0.1, 0.15) is 27.0 Å². The molecule has 1 aromatic heterocycles. The third-order valence-corrected chi connectivity index (χ3v) is 4.24. The molecule has 4 nitrogen and oxygen atoms in total. The summed E-state index contributed by atoms with van der Waals surface area (Å²) in [6, 6.07) is 11.9. The Hall–Kier alpha value is -2.59. The number of carbonyl (C=O) groups is 1. The normalized spacial score (nSPS) is 10.8. The first-order chi connectivity index (χ1) is 11.4. The molecule has 122 valence electrons. The molecule has 3 aromatic rings. The maximum Gasteiger partial charge on any atom is 0.336 e. The molecule has 0 saturated heterocycles. The topological polar surface area (TPSA) is 59.3 Å². The van der Waals surface area contributed by atoms with Crippen LogP contribution in [0.4, 0.5) is 0 Å². The molecule has 24 heavy (non-hydrogen) atoms. The van der Waals surface area contributed by atoms with Crippen LogP contribution in [0, 0.1) is 13.8 Å². The Bertz CT molecular complexity index is 974. The van der Waals surface area contributed by atoms with Crippen molar-refractivity contribution >= 4 is 28.5 Å². The van der Waals surface area contributed by atoms with Crippen molar-refractivity contribution in [3.63, 3.8) is 0 Å². The lowest BCUT2D eigenvalue weighted by Gasteiger charge is -2.09. The number of amides is 1. The minimum absolute atomic E-state index is 0.225. The maximum atomic E-state index is 12.2. The molecular formula is C19H16ClNO3. The Morgan fingerprint density at radius 3 is 2.46 bits per heavy atom. The second kappa shape index (κ2) is 6.49. The highest BCUT2D eigenvalue weighted by atomic mass is 35.5. The summed E-state index contributed by atoms with van der Waals surface area (Å²) in [6.07, 6.45) is 0. The van der Waals surface area contributed by atoms with E-state index in [4.69, 9.17) is 16.0 Å². The fourth-order valence-corrected chi connectivity index (χ4v) is 2.63. The summed E-state index contributed by atoms with van der Waals surface area (Å²) in [7, 11) is 0. The van der Waals surface area contributed by atoms with E-state index in [9.17, 15) is 9.59 Å². The van der Waals surface area contributed by atoms with E-state index >= 15 is 0 Å². The number of nitrogens with one attached hydrogen (secondary N) is 1. The summed E-state index contributed by atoms with van der Waals surface area (Å²) in [5.74, 6) is -0.225. The lowest BCUT2D eigenvalue weighted by molar-refractivity contribution is 0.0951. The average Bonchev–Trinajstić information content (AvgIpc) is 2.54. The summed E-state index contributed by atoms with van der Waals surface area (Å²) in [5.41, 5.74) is 3.49. The van der Waals surface area contributed by atoms with Crippen LogP contribution in [-0.2, 0) is 6.54 Å². The summed E-state index contributed by atoms with van der Waals surface area (Å²) in [5, 5.41) is 4.23. The first-order valence-corrected chi connectivity index (χ1v) is 7.89. The van der Waals surface area contributed by atoms with Crippen molar-refractivity contribution in [1.82, 2.24) is 5.32 Å². The number of benzene rings is 2. The average molecular weight is 342 g/mol. The van der Waals surface area contributed by atoms with Crippen molar-refractivity contribution in [3.8, 4) is 0 Å². The van der Waals surface area contributed by atoms with Gasteiger partial charge in [0.15, 0.2) is 0 Å². The molecule has 2 aromatic carbocycles. The van der Waals surface area contributed by atoms with Gasteiger partial charge in [0, 0.05) is 28.6 Å². The maximum absolute atomic E-state index is 12.2. The van der Waals surface area contributed by atoms with E-state index in [1.165, 1.54) is 6.07 Å². The zero-order chi connectivity index (χ0) is 17.3. The smallest absolute Gasteiger partial charge is 0.336 e. The second-order valence-corrected chi connectivity index (χ2v) is 6.15. The third-order valence-electron chi connectivity index (χ3n) is 3.99. The Morgan fingerprint density at radius 1 is 1.08 bits per heavy atom. The van der Waals surface area contributed by atoms with Crippen LogP contribution in [0.5, 0.6) is 0 Å². The molecule has 1 heterocycles. The van der Waals surface area contributed by atoms with Gasteiger partial charge in [-0.3, -0.25) is 4.79 Å². The molecule has 1 N–H and O–H groups in total. The minimum atomic E-state index is -0.429. The third kappa shape index (κ3) is 3.34. The van der Waals surface area contributed by atoms with Crippen LogP contribution in [0.3, 0.4) is 0 Å². The number of hydrogen-bond donors (Lipinski definition) is 1. The Morgan fingerprint density at radius 2 is 1.75 bits per heavy atom. The zero-order valence-electron chi connectivity index (χ0n) is 13.4. The fourth-order valence-electron chi connectivity index (χ4n) is 2.51. The SMILES string of the molecule is Cc1cc2oc(=O)cc(CNC(=O)c3ccc(Cl)cc3)c2cc1C. The van der Waals surface area contributed by atoms with Gasteiger partial charge < -0.3 is 9.73 Å². The van der Waals surface area contributed by atoms with Gasteiger partial charge in [0.2, 0.25) is 0 Å². The van der Waals surface area contributed by atoms with Gasteiger partial charge in [0.1, 0.15) is 5.58 Å². The van der Waals surface area contributed by atoms with Crippen LogP contribution in [0.15, 0.2) is 51.7 Å². The molecule has 1 amide bonds. The molecule has 3 rings (SSSR count). The molecule has 0 aliphatic rings. The quantitative estimate of drug-likeness (QED) is 0.733. The Kier molecular flexibility index (Phi) is 4.40. The van der Waals surface area contributed by atoms with Crippen LogP contribution < -0.4 is 10.9 Å². The van der Waals surface area contributed by atoms with Gasteiger partial charge in [-0.2, -0.15) is 0 Å². The summed E-state index contributed by atoms with van der Waals surface area (Å²) in [6.45, 7) is 4.20. The first-order valence-electron chi connectivity index (χ1n) is 7.52. The summed E-state index contributed by atoms with van der Waals surface area (Å²) >= 11 is 5.82. The van der Waals surface area contributed by atoms with E-state index < -0.39 is 5.63 Å². The number of hydrogen-bond acceptors (Lipinski definition) is 3. The van der Waals surface area contributed by atoms with Gasteiger partial charge in [0.05, 0.1) is 0 Å². The van der Waals surface area contributed by atoms with Crippen molar-refractivity contribution < 1.29 is 9.21 Å². The largest absolute Gasteiger partial charge is 0.423 e. The van der Waals surface area contributed by atoms with Gasteiger partial charge in [-0.15, -0.1) is 0 Å². The molecule has 0 bridgehead atoms. The highest BCUT2D eigenvalue weighted by Gasteiger charge is 2.10. The van der Waals surface area contributed by atoms with Crippen LogP contribution in [0.25, 0.3) is 11.0 Å². The number of halogens is 1. The zero-order valence-corrected chi connectivity index (χ0v) is 14.1. The molecule has 0 aliphatic carbocycles. The summed E-state index contributed by atoms with van der Waals surface area (Å²) < 4.78 is 5.26. The predicted octanol–water partition coefficient (Wildman–Crippen LogP) is 3.99. The molecule has 0 saturated carbocycles. The minimum Gasteiger partial charge on any atom is -0.423 e. The van der Waals surface area contributed by atoms with Crippen LogP contribution in [-0.4, -0.2) is 5.91 Å². The Labute approximate surface area is 144 Å². The number of fused-ring (bicyclic) bond motifs is 1. The summed E-state index contributed by atoms with van der Waals surface area (Å²) in [4.78, 5) is 24.0. The van der Waals surface area contributed by atoms with Crippen molar-refractivity contribution in [2.75, 3.05) is 0 Å². The number of rotatable bonds is 3. The van der Waals surface area contributed by atoms with E-state index in [1.807, 2.05) is 26.0 Å². The number of aryl methyl sites for hydroxylation is 2. The van der Waals surface area contributed by atoms with E-state index in [0.717, 1.165) is 22.1 Å². The highest BCUT2D eigenvalue weighted by Crippen LogP contribution is 2.21. The van der Waals surface area contributed by atoms with E-state index in [0.29, 0.717) is 16.2 Å². The molecular weight excluding hydrogens is 326 g/mol. The molecule has 0 aliphatic heterocycles. The van der Waals surface area contributed by atoms with Crippen LogP contribution in [0.2, 0.25) is 5.02 Å². The fraction of sp³-hybridized carbons (Fsp3) is 0.158. The second-order valence-electron chi connectivity index (χ2n) is 5.71. The monoisotopic (exact) mass is 341 g/mol. The molecule has 0 spiro atoms. The van der Waals surface area contributed by atoms with E-state index in [1.54, 1.807) is 24.3 Å². The van der Waals surface area contributed by atoms with Crippen molar-refractivity contribution in [2.45, 2.75) is 20.4 Å². The first kappa shape index (κ1) is 16.3. The molecule has 0 atom stereocenters. The number of carbonyl (C=O) groups excluding carboxylic acids is 1. The predicted molar refractivity (Wildman–Crippen MR) is 94.6 cm³/mol.